The Morgan fingerprint density at radius 2 is 1.15 bits per heavy atom. The molecular weight excluding hydrogens is 732 g/mol. The van der Waals surface area contributed by atoms with Gasteiger partial charge in [-0.05, 0) is 6.92 Å². The lowest BCUT2D eigenvalue weighted by molar-refractivity contribution is -0.318. The zero-order valence-corrected chi connectivity index (χ0v) is 28.1. The first-order chi connectivity index (χ1) is 25.5. The molecule has 0 amide bonds. The minimum absolute atomic E-state index is 0.105. The number of benzene rings is 2. The van der Waals surface area contributed by atoms with Crippen molar-refractivity contribution in [2.75, 3.05) is 13.2 Å². The van der Waals surface area contributed by atoms with E-state index in [9.17, 15) is 71.5 Å². The molecule has 0 radical (unpaired) electrons. The fraction of sp³-hybridized carbons (Fsp3) is 0.545. The van der Waals surface area contributed by atoms with E-state index in [-0.39, 0.29) is 33.8 Å². The molecule has 2 aromatic carbocycles. The van der Waals surface area contributed by atoms with Crippen LogP contribution in [-0.4, -0.2) is 177 Å². The molecule has 3 aliphatic rings. The van der Waals surface area contributed by atoms with Crippen LogP contribution in [0, 0.1) is 0 Å². The molecule has 3 aromatic rings. The number of phenolic OH excluding ortho intramolecular Hbond substituents is 4. The summed E-state index contributed by atoms with van der Waals surface area (Å²) in [4.78, 5) is 0. The van der Waals surface area contributed by atoms with E-state index in [1.54, 1.807) is 0 Å². The van der Waals surface area contributed by atoms with E-state index >= 15 is 0 Å². The van der Waals surface area contributed by atoms with Crippen molar-refractivity contribution in [1.82, 2.24) is 0 Å². The van der Waals surface area contributed by atoms with Gasteiger partial charge in [-0.2, -0.15) is 0 Å². The Bertz CT molecular complexity index is 1770. The summed E-state index contributed by atoms with van der Waals surface area (Å²) >= 11 is 0. The quantitative estimate of drug-likeness (QED) is 0.0738. The largest absolute Gasteiger partial charge is 0.507 e. The second-order valence-electron chi connectivity index (χ2n) is 13.1. The van der Waals surface area contributed by atoms with Gasteiger partial charge in [0.05, 0.1) is 30.9 Å². The normalized spacial score (nSPS) is 37.3. The fourth-order valence-corrected chi connectivity index (χ4v) is 6.18. The third-order valence-electron chi connectivity index (χ3n) is 9.38. The van der Waals surface area contributed by atoms with Crippen LogP contribution in [0.1, 0.15) is 6.92 Å². The summed E-state index contributed by atoms with van der Waals surface area (Å²) in [6.07, 6.45) is -24.5. The van der Waals surface area contributed by atoms with Crippen LogP contribution < -0.4 is 9.47 Å². The molecule has 6 rings (SSSR count). The topological polar surface area (TPSA) is 350 Å². The molecule has 298 valence electrons. The number of aromatic hydroxyl groups is 4. The molecule has 3 saturated heterocycles. The Morgan fingerprint density at radius 3 is 1.78 bits per heavy atom. The zero-order chi connectivity index (χ0) is 39.3. The van der Waals surface area contributed by atoms with Crippen molar-refractivity contribution in [3.63, 3.8) is 0 Å². The molecule has 0 bridgehead atoms. The smallest absolute Gasteiger partial charge is 0.402 e. The summed E-state index contributed by atoms with van der Waals surface area (Å²) in [6.45, 7) is 0.0591. The molecule has 15 unspecified atom stereocenters. The molecule has 15 atom stereocenters. The Balaban J connectivity index is 1.32. The number of rotatable bonds is 9. The lowest BCUT2D eigenvalue weighted by atomic mass is 9.98. The maximum absolute atomic E-state index is 11.0. The molecule has 54 heavy (non-hydrogen) atoms. The second kappa shape index (κ2) is 15.7. The first-order valence-electron chi connectivity index (χ1n) is 16.5. The number of hydrogen-bond donors (Lipinski definition) is 14. The molecule has 14 N–H and O–H groups in total. The molecule has 0 spiro atoms. The fourth-order valence-electron chi connectivity index (χ4n) is 6.18. The lowest BCUT2D eigenvalue weighted by Crippen LogP contribution is -2.61. The first-order valence-corrected chi connectivity index (χ1v) is 16.5. The summed E-state index contributed by atoms with van der Waals surface area (Å²) in [5.74, 6) is -4.02. The Morgan fingerprint density at radius 1 is 0.593 bits per heavy atom. The predicted octanol–water partition coefficient (Wildman–Crippen LogP) is -3.59. The maximum atomic E-state index is 11.0. The maximum Gasteiger partial charge on any atom is 0.402 e. The van der Waals surface area contributed by atoms with Gasteiger partial charge in [-0.25, -0.2) is 4.42 Å². The lowest BCUT2D eigenvalue weighted by Gasteiger charge is -2.42. The highest BCUT2D eigenvalue weighted by atomic mass is 16.7. The van der Waals surface area contributed by atoms with Gasteiger partial charge in [-0.15, -0.1) is 0 Å². The molecule has 4 heterocycles. The van der Waals surface area contributed by atoms with E-state index in [0.29, 0.717) is 0 Å². The van der Waals surface area contributed by atoms with E-state index in [4.69, 9.17) is 32.8 Å². The van der Waals surface area contributed by atoms with Crippen molar-refractivity contribution in [2.45, 2.75) is 99.0 Å². The van der Waals surface area contributed by atoms with E-state index in [0.717, 1.165) is 24.3 Å². The van der Waals surface area contributed by atoms with Gasteiger partial charge in [0.15, 0.2) is 23.5 Å². The van der Waals surface area contributed by atoms with E-state index in [1.807, 2.05) is 0 Å². The molecule has 1 aromatic heterocycles. The number of aliphatic hydroxyl groups is 10. The molecule has 21 heteroatoms. The number of aliphatic hydroxyl groups excluding tert-OH is 10. The van der Waals surface area contributed by atoms with Gasteiger partial charge in [0, 0.05) is 24.3 Å². The van der Waals surface area contributed by atoms with E-state index in [2.05, 4.69) is 0 Å². The summed E-state index contributed by atoms with van der Waals surface area (Å²) in [5, 5.41) is 144. The highest BCUT2D eigenvalue weighted by Gasteiger charge is 2.49. The summed E-state index contributed by atoms with van der Waals surface area (Å²) in [5.41, 5.74) is -0.355. The minimum Gasteiger partial charge on any atom is -0.507 e. The standard InChI is InChI=1S/C33H40O21/c1-9-20(38)24(42)27(45)31(49-9)48-8-19-23(41)26(44)29(47)33(54-19)52-17-6-12-13(35)4-11(50-32-28(46)25(43)22(40)18(7-34)53-32)5-16(12)51-30(17)10-2-14(36)21(39)15(37)3-10/h2-6,9,18-20,22-29,31-34,38,40-47H,7-8H2,1H3,(H3-,35,36,37,39)/p+1. The minimum atomic E-state index is -1.96. The summed E-state index contributed by atoms with van der Waals surface area (Å²) < 4.78 is 39.5. The third kappa shape index (κ3) is 7.52. The van der Waals surface area contributed by atoms with Crippen LogP contribution in [0.3, 0.4) is 0 Å². The predicted molar refractivity (Wildman–Crippen MR) is 173 cm³/mol. The van der Waals surface area contributed by atoms with Crippen LogP contribution >= 0.6 is 0 Å². The van der Waals surface area contributed by atoms with E-state index < -0.39 is 128 Å². The van der Waals surface area contributed by atoms with Gasteiger partial charge >= 0.3 is 11.3 Å². The first kappa shape index (κ1) is 39.8. The molecule has 3 fully saturated rings. The van der Waals surface area contributed by atoms with Crippen LogP contribution in [0.5, 0.6) is 34.5 Å². The molecule has 21 nitrogen and oxygen atoms in total. The summed E-state index contributed by atoms with van der Waals surface area (Å²) in [7, 11) is 0. The zero-order valence-electron chi connectivity index (χ0n) is 28.1. The SMILES string of the molecule is CC1OC(OCC2OC(Oc3cc4c(O)cc(OC5OC(CO)C(O)C(O)C5O)cc4[o+]c3-c3cc(O)c(O)c(O)c3)C(O)C(O)C2O)C(O)C(O)C1O. The van der Waals surface area contributed by atoms with Crippen molar-refractivity contribution in [3.05, 3.63) is 30.3 Å². The van der Waals surface area contributed by atoms with Gasteiger partial charge in [-0.1, -0.05) is 0 Å². The number of ether oxygens (including phenoxy) is 6. The number of hydrogen-bond acceptors (Lipinski definition) is 20. The molecule has 0 saturated carbocycles. The van der Waals surface area contributed by atoms with Crippen LogP contribution in [0.15, 0.2) is 34.7 Å². The van der Waals surface area contributed by atoms with Crippen molar-refractivity contribution in [3.8, 4) is 45.8 Å². The third-order valence-corrected chi connectivity index (χ3v) is 9.38. The molecule has 0 aliphatic carbocycles. The van der Waals surface area contributed by atoms with Crippen LogP contribution in [-0.2, 0) is 18.9 Å². The van der Waals surface area contributed by atoms with Crippen molar-refractivity contribution in [2.24, 2.45) is 0 Å². The van der Waals surface area contributed by atoms with Gasteiger partial charge < -0.3 is 99.9 Å². The van der Waals surface area contributed by atoms with E-state index in [1.165, 1.54) is 13.0 Å². The molecular formula is C33H41O21+. The van der Waals surface area contributed by atoms with Crippen LogP contribution in [0.25, 0.3) is 22.3 Å². The van der Waals surface area contributed by atoms with Crippen molar-refractivity contribution >= 4 is 11.0 Å². The average molecular weight is 774 g/mol. The Hall–Kier alpha value is -3.91. The summed E-state index contributed by atoms with van der Waals surface area (Å²) in [6, 6.07) is 5.29. The molecule has 3 aliphatic heterocycles. The van der Waals surface area contributed by atoms with Gasteiger partial charge in [-0.3, -0.25) is 0 Å². The van der Waals surface area contributed by atoms with Gasteiger partial charge in [0.25, 0.3) is 0 Å². The van der Waals surface area contributed by atoms with Crippen LogP contribution in [0.2, 0.25) is 0 Å². The highest BCUT2D eigenvalue weighted by Crippen LogP contribution is 2.45. The Labute approximate surface area is 303 Å². The Kier molecular flexibility index (Phi) is 11.5. The second-order valence-corrected chi connectivity index (χ2v) is 13.1. The average Bonchev–Trinajstić information content (AvgIpc) is 3.14. The van der Waals surface area contributed by atoms with Crippen molar-refractivity contribution in [1.29, 1.82) is 0 Å². The number of fused-ring (bicyclic) bond motifs is 1. The van der Waals surface area contributed by atoms with Crippen LogP contribution in [0.4, 0.5) is 0 Å². The van der Waals surface area contributed by atoms with Gasteiger partial charge in [0.2, 0.25) is 18.3 Å². The number of phenols is 4. The highest BCUT2D eigenvalue weighted by molar-refractivity contribution is 5.89. The van der Waals surface area contributed by atoms with Gasteiger partial charge in [0.1, 0.15) is 84.0 Å². The van der Waals surface area contributed by atoms with Crippen molar-refractivity contribution < 1.29 is 104 Å². The monoisotopic (exact) mass is 773 g/mol.